The molecular weight excluding hydrogens is 315 g/mol. The van der Waals surface area contributed by atoms with E-state index in [1.165, 1.54) is 20.8 Å². The van der Waals surface area contributed by atoms with Gasteiger partial charge in [-0.1, -0.05) is 19.7 Å². The first-order chi connectivity index (χ1) is 7.93. The van der Waals surface area contributed by atoms with Gasteiger partial charge in [-0.3, -0.25) is 0 Å². The van der Waals surface area contributed by atoms with E-state index in [1.807, 2.05) is 0 Å². The van der Waals surface area contributed by atoms with Crippen LogP contribution in [-0.4, -0.2) is 51.2 Å². The molecule has 0 rings (SSSR count). The summed E-state index contributed by atoms with van der Waals surface area (Å²) in [6, 6.07) is 0. The van der Waals surface area contributed by atoms with Crippen LogP contribution < -0.4 is 0 Å². The number of carbonyl (C=O) groups is 3. The van der Waals surface area contributed by atoms with Gasteiger partial charge < -0.3 is 15.3 Å². The molecule has 0 aliphatic rings. The Morgan fingerprint density at radius 1 is 0.632 bits per heavy atom. The maximum atomic E-state index is 9.60. The first-order valence-electron chi connectivity index (χ1n) is 4.59. The van der Waals surface area contributed by atoms with E-state index >= 15 is 0 Å². The third-order valence-electron chi connectivity index (χ3n) is 1.10. The van der Waals surface area contributed by atoms with E-state index in [0.29, 0.717) is 0 Å². The Kier molecular flexibility index (Phi) is 19.4. The average molecular weight is 336 g/mol. The Balaban J connectivity index is -0.0000000865. The van der Waals surface area contributed by atoms with E-state index in [0.717, 1.165) is 0 Å². The Hall–Kier alpha value is -1.81. The Morgan fingerprint density at radius 2 is 0.684 bits per heavy atom. The predicted molar refractivity (Wildman–Crippen MR) is 77.3 cm³/mol. The van der Waals surface area contributed by atoms with Gasteiger partial charge >= 0.3 is 35.9 Å². The molecule has 0 aromatic carbocycles. The topological polar surface area (TPSA) is 112 Å². The standard InChI is InChI=1S/3C4H6O2.AsH3/c3*1-3(2)4(5)6;/h3*1H2,2H3,(H,5,6);1H3. The van der Waals surface area contributed by atoms with Crippen molar-refractivity contribution in [1.29, 1.82) is 0 Å². The van der Waals surface area contributed by atoms with Crippen molar-refractivity contribution in [2.24, 2.45) is 0 Å². The van der Waals surface area contributed by atoms with Crippen molar-refractivity contribution in [3.05, 3.63) is 36.5 Å². The molecule has 0 amide bonds. The molecule has 0 fully saturated rings. The third kappa shape index (κ3) is 31.4. The van der Waals surface area contributed by atoms with Gasteiger partial charge in [0.2, 0.25) is 0 Å². The molecule has 110 valence electrons. The summed E-state index contributed by atoms with van der Waals surface area (Å²) < 4.78 is 0. The molecular formula is C12H21AsO6. The van der Waals surface area contributed by atoms with Crippen LogP contribution in [0.25, 0.3) is 0 Å². The number of hydrogen-bond acceptors (Lipinski definition) is 3. The van der Waals surface area contributed by atoms with E-state index in [9.17, 15) is 14.4 Å². The Bertz CT molecular complexity index is 277. The van der Waals surface area contributed by atoms with Crippen molar-refractivity contribution in [3.8, 4) is 0 Å². The second-order valence-electron chi connectivity index (χ2n) is 3.26. The molecule has 0 aliphatic heterocycles. The summed E-state index contributed by atoms with van der Waals surface area (Å²) in [5, 5.41) is 23.7. The van der Waals surface area contributed by atoms with E-state index in [1.54, 1.807) is 0 Å². The predicted octanol–water partition coefficient (Wildman–Crippen LogP) is 0.757. The van der Waals surface area contributed by atoms with Crippen LogP contribution in [0.1, 0.15) is 20.8 Å². The van der Waals surface area contributed by atoms with Crippen LogP contribution in [0.4, 0.5) is 0 Å². The molecule has 0 radical (unpaired) electrons. The number of aliphatic carboxylic acids is 3. The first kappa shape index (κ1) is 25.9. The van der Waals surface area contributed by atoms with E-state index in [4.69, 9.17) is 15.3 Å². The maximum absolute atomic E-state index is 9.60. The van der Waals surface area contributed by atoms with Gasteiger partial charge in [0.25, 0.3) is 0 Å². The minimum atomic E-state index is -0.935. The molecule has 0 saturated carbocycles. The van der Waals surface area contributed by atoms with Crippen LogP contribution >= 0.6 is 0 Å². The van der Waals surface area contributed by atoms with Gasteiger partial charge in [-0.15, -0.1) is 0 Å². The van der Waals surface area contributed by atoms with Gasteiger partial charge in [-0.25, -0.2) is 14.4 Å². The number of hydrogen-bond donors (Lipinski definition) is 3. The normalized spacial score (nSPS) is 7.11. The molecule has 0 spiro atoms. The van der Waals surface area contributed by atoms with Gasteiger partial charge in [-0.05, 0) is 20.8 Å². The summed E-state index contributed by atoms with van der Waals surface area (Å²) in [7, 11) is 0. The zero-order valence-electron chi connectivity index (χ0n) is 11.4. The third-order valence-corrected chi connectivity index (χ3v) is 1.10. The molecule has 1 unspecified atom stereocenters. The fourth-order valence-electron chi connectivity index (χ4n) is 0. The first-order valence-corrected chi connectivity index (χ1v) is 4.59. The molecule has 3 N–H and O–H groups in total. The molecule has 0 aromatic heterocycles. The Morgan fingerprint density at radius 3 is 0.684 bits per heavy atom. The van der Waals surface area contributed by atoms with Crippen molar-refractivity contribution in [3.63, 3.8) is 0 Å². The van der Waals surface area contributed by atoms with Crippen LogP contribution in [0.15, 0.2) is 36.5 Å². The number of rotatable bonds is 3. The number of carboxylic acid groups (broad SMARTS) is 3. The van der Waals surface area contributed by atoms with Gasteiger partial charge in [0.05, 0.1) is 0 Å². The summed E-state index contributed by atoms with van der Waals surface area (Å²) in [6.07, 6.45) is 0. The number of carboxylic acids is 3. The molecule has 19 heavy (non-hydrogen) atoms. The van der Waals surface area contributed by atoms with Crippen LogP contribution in [0.5, 0.6) is 0 Å². The van der Waals surface area contributed by atoms with Gasteiger partial charge in [0, 0.05) is 16.7 Å². The molecule has 0 heterocycles. The molecule has 1 atom stereocenters. The summed E-state index contributed by atoms with van der Waals surface area (Å²) in [5.74, 6) is -2.81. The van der Waals surface area contributed by atoms with Crippen molar-refractivity contribution in [1.82, 2.24) is 0 Å². The minimum absolute atomic E-state index is 0. The van der Waals surface area contributed by atoms with Crippen LogP contribution in [0, 0.1) is 0 Å². The zero-order chi connectivity index (χ0) is 15.5. The molecule has 0 aromatic rings. The molecule has 0 aliphatic carbocycles. The van der Waals surface area contributed by atoms with Crippen LogP contribution in [0.2, 0.25) is 0 Å². The Labute approximate surface area is 123 Å². The molecule has 6 nitrogen and oxygen atoms in total. The van der Waals surface area contributed by atoms with E-state index < -0.39 is 17.9 Å². The van der Waals surface area contributed by atoms with Crippen LogP contribution in [0.3, 0.4) is 0 Å². The zero-order valence-corrected chi connectivity index (χ0v) is 14.4. The quantitative estimate of drug-likeness (QED) is 0.518. The van der Waals surface area contributed by atoms with Crippen molar-refractivity contribution in [2.75, 3.05) is 0 Å². The van der Waals surface area contributed by atoms with Crippen molar-refractivity contribution in [2.45, 2.75) is 20.8 Å². The summed E-state index contributed by atoms with van der Waals surface area (Å²) >= 11 is 0. The summed E-state index contributed by atoms with van der Waals surface area (Å²) in [6.45, 7) is 13.8. The van der Waals surface area contributed by atoms with Crippen molar-refractivity contribution < 1.29 is 29.7 Å². The monoisotopic (exact) mass is 336 g/mol. The van der Waals surface area contributed by atoms with E-state index in [2.05, 4.69) is 19.7 Å². The second-order valence-corrected chi connectivity index (χ2v) is 3.26. The van der Waals surface area contributed by atoms with Gasteiger partial charge in [0.15, 0.2) is 0 Å². The molecule has 0 bridgehead atoms. The average Bonchev–Trinajstić information content (AvgIpc) is 2.18. The fraction of sp³-hybridized carbons (Fsp3) is 0.250. The van der Waals surface area contributed by atoms with Gasteiger partial charge in [0.1, 0.15) is 0 Å². The summed E-state index contributed by atoms with van der Waals surface area (Å²) in [4.78, 5) is 28.8. The van der Waals surface area contributed by atoms with Crippen molar-refractivity contribution >= 4 is 35.9 Å². The van der Waals surface area contributed by atoms with E-state index in [-0.39, 0.29) is 34.7 Å². The SMILES string of the molecule is C=C(C)C(=O)O.C=C(C)C(=O)O.C=C(C)C(=O)O.[AsH3]. The molecule has 0 saturated heterocycles. The van der Waals surface area contributed by atoms with Crippen LogP contribution in [-0.2, 0) is 14.4 Å². The van der Waals surface area contributed by atoms with Gasteiger partial charge in [-0.2, -0.15) is 0 Å². The summed E-state index contributed by atoms with van der Waals surface area (Å²) in [5.41, 5.74) is 0.528. The molecule has 7 heteroatoms. The second kappa shape index (κ2) is 14.3. The fourth-order valence-corrected chi connectivity index (χ4v) is 0.